The molecule has 0 heterocycles. The zero-order chi connectivity index (χ0) is 42.4. The Kier molecular flexibility index (Phi) is 14.6. The van der Waals surface area contributed by atoms with Gasteiger partial charge in [-0.1, -0.05) is 146 Å². The van der Waals surface area contributed by atoms with Crippen LogP contribution in [0.15, 0.2) is 170 Å². The summed E-state index contributed by atoms with van der Waals surface area (Å²) in [5, 5.41) is 23.0. The highest BCUT2D eigenvalue weighted by atomic mass is 16.7. The summed E-state index contributed by atoms with van der Waals surface area (Å²) in [6.45, 7) is -0.567. The van der Waals surface area contributed by atoms with Crippen LogP contribution in [-0.4, -0.2) is 46.4 Å². The number of nitro groups is 2. The first kappa shape index (κ1) is 42.5. The summed E-state index contributed by atoms with van der Waals surface area (Å²) in [6.07, 6.45) is -3.21. The van der Waals surface area contributed by atoms with Crippen molar-refractivity contribution in [2.45, 2.75) is 49.7 Å². The summed E-state index contributed by atoms with van der Waals surface area (Å²) in [5.41, 5.74) is 17.3. The second-order valence-corrected chi connectivity index (χ2v) is 13.8. The summed E-state index contributed by atoms with van der Waals surface area (Å²) < 4.78 is 23.7. The number of carbonyl (C=O) groups excluding carboxylic acids is 2. The van der Waals surface area contributed by atoms with Gasteiger partial charge in [-0.2, -0.15) is 0 Å². The van der Waals surface area contributed by atoms with Crippen LogP contribution in [0.5, 0.6) is 0 Å². The minimum Gasteiger partial charge on any atom is -0.426 e. The maximum atomic E-state index is 13.9. The molecular weight excluding hydrogens is 769 g/mol. The van der Waals surface area contributed by atoms with Crippen molar-refractivity contribution in [2.75, 3.05) is 0 Å². The van der Waals surface area contributed by atoms with Crippen LogP contribution in [0, 0.1) is 20.2 Å². The Morgan fingerprint density at radius 3 is 1.05 bits per heavy atom. The topological polar surface area (TPSA) is 209 Å². The number of rotatable bonds is 18. The number of hydrogen-bond donors (Lipinski definition) is 2. The Morgan fingerprint density at radius 2 is 0.767 bits per heavy atom. The molecule has 0 aliphatic carbocycles. The van der Waals surface area contributed by atoms with E-state index in [2.05, 4.69) is 0 Å². The third-order valence-corrected chi connectivity index (χ3v) is 9.72. The van der Waals surface area contributed by atoms with E-state index < -0.39 is 58.3 Å². The van der Waals surface area contributed by atoms with Crippen molar-refractivity contribution in [3.05, 3.63) is 223 Å². The zero-order valence-electron chi connectivity index (χ0n) is 32.2. The zero-order valence-corrected chi connectivity index (χ0v) is 32.2. The van der Waals surface area contributed by atoms with Gasteiger partial charge in [-0.05, 0) is 33.4 Å². The molecule has 0 aliphatic heterocycles. The lowest BCUT2D eigenvalue weighted by Gasteiger charge is -2.32. The van der Waals surface area contributed by atoms with Gasteiger partial charge in [0.15, 0.2) is 0 Å². The van der Waals surface area contributed by atoms with Crippen LogP contribution in [0.2, 0.25) is 0 Å². The van der Waals surface area contributed by atoms with E-state index in [4.69, 9.17) is 30.4 Å². The van der Waals surface area contributed by atoms with Crippen LogP contribution in [0.25, 0.3) is 0 Å². The van der Waals surface area contributed by atoms with Crippen molar-refractivity contribution in [2.24, 2.45) is 11.5 Å². The molecular formula is C46H42N4O10. The van der Waals surface area contributed by atoms with Crippen molar-refractivity contribution >= 4 is 23.3 Å². The van der Waals surface area contributed by atoms with Crippen LogP contribution >= 0.6 is 0 Å². The molecule has 0 fully saturated rings. The molecule has 6 aromatic rings. The normalized spacial score (nSPS) is 13.2. The molecule has 6 rings (SSSR count). The molecule has 60 heavy (non-hydrogen) atoms. The number of non-ortho nitro benzene ring substituents is 2. The van der Waals surface area contributed by atoms with Crippen LogP contribution in [0.3, 0.4) is 0 Å². The number of hydrogen-bond acceptors (Lipinski definition) is 12. The molecule has 4 atom stereocenters. The lowest BCUT2D eigenvalue weighted by Crippen LogP contribution is -2.48. The highest BCUT2D eigenvalue weighted by Crippen LogP contribution is 2.32. The lowest BCUT2D eigenvalue weighted by molar-refractivity contribution is -0.385. The summed E-state index contributed by atoms with van der Waals surface area (Å²) in [4.78, 5) is 49.7. The Morgan fingerprint density at radius 1 is 0.467 bits per heavy atom. The van der Waals surface area contributed by atoms with Crippen molar-refractivity contribution < 1.29 is 38.4 Å². The predicted molar refractivity (Wildman–Crippen MR) is 221 cm³/mol. The largest absolute Gasteiger partial charge is 0.426 e. The van der Waals surface area contributed by atoms with E-state index in [-0.39, 0.29) is 24.6 Å². The summed E-state index contributed by atoms with van der Waals surface area (Å²) in [5.74, 6) is -4.21. The lowest BCUT2D eigenvalue weighted by atomic mass is 9.85. The number of carbonyl (C=O) groups is 2. The molecule has 306 valence electrons. The number of esters is 2. The fourth-order valence-electron chi connectivity index (χ4n) is 6.86. The molecule has 4 unspecified atom stereocenters. The maximum Gasteiger partial charge on any atom is 0.419 e. The van der Waals surface area contributed by atoms with Gasteiger partial charge in [-0.3, -0.25) is 20.2 Å². The van der Waals surface area contributed by atoms with Gasteiger partial charge in [0, 0.05) is 36.1 Å². The number of benzene rings is 6. The fraction of sp³-hybridized carbons (Fsp3) is 0.174. The van der Waals surface area contributed by atoms with E-state index in [1.165, 1.54) is 36.4 Å². The maximum absolute atomic E-state index is 13.9. The average molecular weight is 811 g/mol. The van der Waals surface area contributed by atoms with E-state index in [9.17, 15) is 29.8 Å². The van der Waals surface area contributed by atoms with Crippen molar-refractivity contribution in [3.8, 4) is 0 Å². The number of nitrogens with zero attached hydrogens (tertiary/aromatic N) is 2. The van der Waals surface area contributed by atoms with Crippen molar-refractivity contribution in [1.29, 1.82) is 0 Å². The van der Waals surface area contributed by atoms with Gasteiger partial charge < -0.3 is 30.4 Å². The van der Waals surface area contributed by atoms with Gasteiger partial charge >= 0.3 is 11.9 Å². The second kappa shape index (κ2) is 20.5. The molecule has 0 saturated heterocycles. The first-order valence-electron chi connectivity index (χ1n) is 18.9. The van der Waals surface area contributed by atoms with Crippen molar-refractivity contribution in [1.82, 2.24) is 0 Å². The van der Waals surface area contributed by atoms with Crippen LogP contribution in [0.4, 0.5) is 11.4 Å². The molecule has 4 N–H and O–H groups in total. The quantitative estimate of drug-likeness (QED) is 0.0288. The van der Waals surface area contributed by atoms with Gasteiger partial charge in [-0.25, -0.2) is 9.59 Å². The Hall–Kier alpha value is -7.10. The smallest absolute Gasteiger partial charge is 0.419 e. The van der Waals surface area contributed by atoms with E-state index in [1.54, 1.807) is 12.1 Å². The van der Waals surface area contributed by atoms with Crippen LogP contribution < -0.4 is 11.5 Å². The highest BCUT2D eigenvalue weighted by molar-refractivity contribution is 6.29. The molecule has 14 heteroatoms. The standard InChI is InChI=1S/C46H42N4O10/c47-41(39(33-17-5-1-6-18-33)34-19-7-2-8-20-34)45(57-29-31-15-13-25-37(27-31)49(53)54)59-43(51)44(52)60-46(58-30-32-16-14-26-38(28-32)50(55)56)42(48)40(35-21-9-3-10-22-35)36-23-11-4-12-24-36/h1-28,39-42,45-46H,29-30,47-48H2. The Balaban J connectivity index is 1.31. The summed E-state index contributed by atoms with van der Waals surface area (Å²) >= 11 is 0. The molecule has 0 spiro atoms. The molecule has 6 aromatic carbocycles. The SMILES string of the molecule is NC(C(OCc1cccc([N+](=O)[O-])c1)OC(=O)C(=O)OC(OCc1cccc([N+](=O)[O-])c1)C(N)C(c1ccccc1)c1ccccc1)C(c1ccccc1)c1ccccc1. The molecule has 0 aromatic heterocycles. The minimum atomic E-state index is -1.60. The molecule has 0 amide bonds. The van der Waals surface area contributed by atoms with Gasteiger partial charge in [-0.15, -0.1) is 0 Å². The van der Waals surface area contributed by atoms with Gasteiger partial charge in [0.25, 0.3) is 11.4 Å². The van der Waals surface area contributed by atoms with E-state index in [1.807, 2.05) is 121 Å². The molecule has 0 radical (unpaired) electrons. The summed E-state index contributed by atoms with van der Waals surface area (Å²) in [7, 11) is 0. The molecule has 0 bridgehead atoms. The van der Waals surface area contributed by atoms with E-state index >= 15 is 0 Å². The third-order valence-electron chi connectivity index (χ3n) is 9.72. The first-order chi connectivity index (χ1) is 29.1. The van der Waals surface area contributed by atoms with Crippen LogP contribution in [-0.2, 0) is 41.8 Å². The number of nitrogens with two attached hydrogens (primary N) is 2. The number of nitro benzene ring substituents is 2. The van der Waals surface area contributed by atoms with Crippen LogP contribution in [0.1, 0.15) is 45.2 Å². The minimum absolute atomic E-state index is 0.180. The summed E-state index contributed by atoms with van der Waals surface area (Å²) in [6, 6.07) is 46.0. The van der Waals surface area contributed by atoms with Gasteiger partial charge in [0.1, 0.15) is 0 Å². The Labute approximate surface area is 345 Å². The first-order valence-corrected chi connectivity index (χ1v) is 18.9. The fourth-order valence-corrected chi connectivity index (χ4v) is 6.86. The van der Waals surface area contributed by atoms with E-state index in [0.29, 0.717) is 11.1 Å². The molecule has 0 saturated carbocycles. The second-order valence-electron chi connectivity index (χ2n) is 13.8. The Bertz CT molecular complexity index is 2110. The third kappa shape index (κ3) is 11.1. The average Bonchev–Trinajstić information content (AvgIpc) is 3.28. The molecule has 0 aliphatic rings. The van der Waals surface area contributed by atoms with Gasteiger partial charge in [0.2, 0.25) is 12.6 Å². The molecule has 14 nitrogen and oxygen atoms in total. The monoisotopic (exact) mass is 810 g/mol. The predicted octanol–water partition coefficient (Wildman–Crippen LogP) is 7.29. The highest BCUT2D eigenvalue weighted by Gasteiger charge is 2.38. The van der Waals surface area contributed by atoms with Gasteiger partial charge in [0.05, 0.1) is 35.1 Å². The number of ether oxygens (including phenoxy) is 4. The van der Waals surface area contributed by atoms with Crippen molar-refractivity contribution in [3.63, 3.8) is 0 Å². The van der Waals surface area contributed by atoms with E-state index in [0.717, 1.165) is 22.3 Å².